The molecule has 2 aliphatic rings. The highest BCUT2D eigenvalue weighted by Crippen LogP contribution is 2.36. The number of likely N-dealkylation sites (N-methyl/N-ethyl adjacent to an activating group) is 1. The highest BCUT2D eigenvalue weighted by molar-refractivity contribution is 7.84. The second-order valence-corrected chi connectivity index (χ2v) is 10.5. The topological polar surface area (TPSA) is 153 Å². The molecule has 1 atom stereocenters. The summed E-state index contributed by atoms with van der Waals surface area (Å²) in [6.07, 6.45) is 4.10. The zero-order valence-corrected chi connectivity index (χ0v) is 21.1. The van der Waals surface area contributed by atoms with Gasteiger partial charge in [-0.05, 0) is 30.0 Å². The van der Waals surface area contributed by atoms with Crippen molar-refractivity contribution in [1.82, 2.24) is 29.6 Å². The van der Waals surface area contributed by atoms with Crippen molar-refractivity contribution in [3.63, 3.8) is 0 Å². The Labute approximate surface area is 214 Å². The van der Waals surface area contributed by atoms with E-state index in [1.807, 2.05) is 25.1 Å². The van der Waals surface area contributed by atoms with Gasteiger partial charge in [0.05, 0.1) is 22.4 Å². The van der Waals surface area contributed by atoms with Crippen LogP contribution in [0.2, 0.25) is 0 Å². The molecule has 12 nitrogen and oxygen atoms in total. The van der Waals surface area contributed by atoms with Crippen molar-refractivity contribution in [2.75, 3.05) is 41.8 Å². The molecular formula is C24H25N9O3S. The lowest BCUT2D eigenvalue weighted by molar-refractivity contribution is -0.130. The summed E-state index contributed by atoms with van der Waals surface area (Å²) in [5.41, 5.74) is 10.3. The molecule has 0 aromatic carbocycles. The molecule has 0 saturated carbocycles. The lowest BCUT2D eigenvalue weighted by Gasteiger charge is -2.14. The molecule has 0 radical (unpaired) electrons. The van der Waals surface area contributed by atoms with Crippen LogP contribution < -0.4 is 21.1 Å². The van der Waals surface area contributed by atoms with E-state index in [1.165, 1.54) is 0 Å². The van der Waals surface area contributed by atoms with Gasteiger partial charge in [0.15, 0.2) is 11.8 Å². The van der Waals surface area contributed by atoms with Gasteiger partial charge in [0, 0.05) is 55.1 Å². The molecule has 1 amide bonds. The molecule has 1 unspecified atom stereocenters. The Hall–Kier alpha value is -4.26. The lowest BCUT2D eigenvalue weighted by atomic mass is 10.0. The summed E-state index contributed by atoms with van der Waals surface area (Å²) in [4.78, 5) is 27.4. The number of amides is 1. The van der Waals surface area contributed by atoms with Crippen molar-refractivity contribution in [2.45, 2.75) is 19.9 Å². The number of carbonyl (C=O) groups is 1. The molecule has 0 aliphatic carbocycles. The summed E-state index contributed by atoms with van der Waals surface area (Å²) in [5, 5.41) is 12.5. The Balaban J connectivity index is 1.33. The van der Waals surface area contributed by atoms with E-state index in [1.54, 1.807) is 29.0 Å². The largest absolute Gasteiger partial charge is 0.462 e. The maximum absolute atomic E-state index is 12.2. The Morgan fingerprint density at radius 1 is 1.19 bits per heavy atom. The molecule has 2 aliphatic heterocycles. The van der Waals surface area contributed by atoms with E-state index in [0.29, 0.717) is 41.3 Å². The van der Waals surface area contributed by atoms with Gasteiger partial charge in [0.25, 0.3) is 0 Å². The average molecular weight is 520 g/mol. The first-order valence-electron chi connectivity index (χ1n) is 11.7. The average Bonchev–Trinajstić information content (AvgIpc) is 3.05. The van der Waals surface area contributed by atoms with Crippen molar-refractivity contribution < 1.29 is 13.7 Å². The zero-order chi connectivity index (χ0) is 25.7. The number of fused-ring (bicyclic) bond motifs is 3. The summed E-state index contributed by atoms with van der Waals surface area (Å²) < 4.78 is 19.2. The maximum Gasteiger partial charge on any atom is 0.244 e. The summed E-state index contributed by atoms with van der Waals surface area (Å²) in [7, 11) is 0.667. The Morgan fingerprint density at radius 2 is 2.05 bits per heavy atom. The predicted octanol–water partition coefficient (Wildman–Crippen LogP) is 2.01. The minimum absolute atomic E-state index is 0.0327. The first-order chi connectivity index (χ1) is 17.9. The highest BCUT2D eigenvalue weighted by Gasteiger charge is 2.21. The second-order valence-electron chi connectivity index (χ2n) is 9.05. The Kier molecular flexibility index (Phi) is 5.63. The lowest BCUT2D eigenvalue weighted by Crippen LogP contribution is -2.29. The molecule has 13 heteroatoms. The van der Waals surface area contributed by atoms with Gasteiger partial charge in [0.2, 0.25) is 11.8 Å². The third kappa shape index (κ3) is 4.31. The number of pyridine rings is 3. The number of hydrogen-bond donors (Lipinski definition) is 3. The second kappa shape index (κ2) is 9.00. The molecule has 6 rings (SSSR count). The van der Waals surface area contributed by atoms with Crippen LogP contribution >= 0.6 is 0 Å². The van der Waals surface area contributed by atoms with E-state index in [2.05, 4.69) is 30.7 Å². The van der Waals surface area contributed by atoms with E-state index >= 15 is 0 Å². The number of carbonyl (C=O) groups excluding carboxylic acids is 1. The number of nitrogens with one attached hydrogen (secondary N) is 2. The van der Waals surface area contributed by atoms with Gasteiger partial charge in [-0.2, -0.15) is 5.10 Å². The van der Waals surface area contributed by atoms with Crippen molar-refractivity contribution in [3.05, 3.63) is 41.9 Å². The van der Waals surface area contributed by atoms with Crippen LogP contribution in [0.15, 0.2) is 30.6 Å². The fourth-order valence-corrected chi connectivity index (χ4v) is 5.13. The first kappa shape index (κ1) is 23.2. The molecule has 0 spiro atoms. The van der Waals surface area contributed by atoms with Gasteiger partial charge in [0.1, 0.15) is 23.9 Å². The summed E-state index contributed by atoms with van der Waals surface area (Å²) in [5.74, 6) is 2.40. The first-order valence-corrected chi connectivity index (χ1v) is 13.2. The summed E-state index contributed by atoms with van der Waals surface area (Å²) in [6.45, 7) is 2.81. The van der Waals surface area contributed by atoms with Gasteiger partial charge in [-0.1, -0.05) is 0 Å². The molecule has 190 valence electrons. The molecule has 37 heavy (non-hydrogen) atoms. The minimum Gasteiger partial charge on any atom is -0.462 e. The highest BCUT2D eigenvalue weighted by atomic mass is 32.2. The van der Waals surface area contributed by atoms with Gasteiger partial charge < -0.3 is 26.0 Å². The molecule has 0 fully saturated rings. The molecule has 4 N–H and O–H groups in total. The number of ether oxygens (including phenoxy) is 1. The molecule has 4 aromatic heterocycles. The van der Waals surface area contributed by atoms with Crippen molar-refractivity contribution in [2.24, 2.45) is 0 Å². The van der Waals surface area contributed by atoms with E-state index in [0.717, 1.165) is 34.0 Å². The Morgan fingerprint density at radius 3 is 2.92 bits per heavy atom. The van der Waals surface area contributed by atoms with Crippen molar-refractivity contribution in [3.8, 4) is 17.1 Å². The maximum atomic E-state index is 12.2. The van der Waals surface area contributed by atoms with Crippen LogP contribution in [0, 0.1) is 6.92 Å². The third-order valence-electron chi connectivity index (χ3n) is 6.60. The van der Waals surface area contributed by atoms with Gasteiger partial charge in [-0.3, -0.25) is 13.7 Å². The number of rotatable bonds is 3. The number of nitrogen functional groups attached to an aromatic ring is 1. The van der Waals surface area contributed by atoms with Crippen LogP contribution in [-0.2, 0) is 28.6 Å². The number of nitrogens with two attached hydrogens (primary N) is 1. The van der Waals surface area contributed by atoms with E-state index in [-0.39, 0.29) is 24.3 Å². The van der Waals surface area contributed by atoms with Crippen LogP contribution in [0.4, 0.5) is 23.1 Å². The number of nitrogens with zero attached hydrogens (tertiary/aromatic N) is 6. The smallest absolute Gasteiger partial charge is 0.244 e. The van der Waals surface area contributed by atoms with Gasteiger partial charge in [-0.15, -0.1) is 0 Å². The van der Waals surface area contributed by atoms with Crippen molar-refractivity contribution >= 4 is 50.6 Å². The monoisotopic (exact) mass is 519 g/mol. The summed E-state index contributed by atoms with van der Waals surface area (Å²) in [6, 6.07) is 5.76. The fraction of sp³-hybridized carbons (Fsp3) is 0.292. The van der Waals surface area contributed by atoms with Crippen LogP contribution in [0.5, 0.6) is 5.88 Å². The van der Waals surface area contributed by atoms with Crippen LogP contribution in [0.1, 0.15) is 11.3 Å². The molecule has 6 heterocycles. The summed E-state index contributed by atoms with van der Waals surface area (Å²) >= 11 is 0. The third-order valence-corrected chi connectivity index (χ3v) is 7.44. The molecule has 4 aromatic rings. The number of aromatic nitrogens is 5. The van der Waals surface area contributed by atoms with E-state index in [9.17, 15) is 9.00 Å². The quantitative estimate of drug-likeness (QED) is 0.366. The number of hydrogen-bond acceptors (Lipinski definition) is 10. The van der Waals surface area contributed by atoms with E-state index in [4.69, 9.17) is 10.5 Å². The van der Waals surface area contributed by atoms with Crippen LogP contribution in [-0.4, -0.2) is 65.2 Å². The van der Waals surface area contributed by atoms with Crippen LogP contribution in [0.25, 0.3) is 22.0 Å². The minimum atomic E-state index is -1.14. The zero-order valence-electron chi connectivity index (χ0n) is 20.3. The standard InChI is InChI=1S/C24H25N9O3S/c1-13-16(8-27-24-22(13)28-11-37(35)12-36-24)18-5-14-6-19(26-9-17(14)23(25)29-18)30-20-7-15-3-4-32(2)21(34)10-33(15)31-20/h5-9,28H,3-4,10-12H2,1-2H3,(H2,25,29)(H,26,30,31). The molecular weight excluding hydrogens is 494 g/mol. The predicted molar refractivity (Wildman–Crippen MR) is 141 cm³/mol. The van der Waals surface area contributed by atoms with Gasteiger partial charge >= 0.3 is 0 Å². The van der Waals surface area contributed by atoms with Crippen molar-refractivity contribution in [1.29, 1.82) is 0 Å². The molecule has 0 bridgehead atoms. The van der Waals surface area contributed by atoms with E-state index < -0.39 is 10.8 Å². The molecule has 0 saturated heterocycles. The number of anilines is 4. The SMILES string of the molecule is Cc1c(-c2cc3cc(Nc4cc5n(n4)CC(=O)N(C)CC5)ncc3c(N)n2)cnc2c1NCS(=O)CO2. The van der Waals surface area contributed by atoms with Crippen LogP contribution in [0.3, 0.4) is 0 Å². The van der Waals surface area contributed by atoms with Gasteiger partial charge in [-0.25, -0.2) is 15.0 Å². The normalized spacial score (nSPS) is 17.3. The Bertz CT molecular complexity index is 1590. The fourth-order valence-electron chi connectivity index (χ4n) is 4.49.